The van der Waals surface area contributed by atoms with Gasteiger partial charge in [-0.25, -0.2) is 23.9 Å². The van der Waals surface area contributed by atoms with Crippen LogP contribution >= 0.6 is 0 Å². The Morgan fingerprint density at radius 1 is 1.11 bits per heavy atom. The van der Waals surface area contributed by atoms with Crippen molar-refractivity contribution >= 4 is 29.4 Å². The standard InChI is InChI=1S/C27H25FN6O4/c1-3-4-21(35)17-7-8-19(28)24(25(17)38-26(36)16-6-10-22(30-2)32-14-16)18-11-20(18)33-27(37)34-23-9-5-15(12-29)13-31-23/h5-10,13-14,18,20H,3-4,11H2,1-2H3,(H,30,32)(H2,31,33,34,37). The Labute approximate surface area is 218 Å². The molecule has 11 heteroatoms. The second-order valence-corrected chi connectivity index (χ2v) is 8.67. The van der Waals surface area contributed by atoms with E-state index in [0.29, 0.717) is 24.2 Å². The molecule has 0 bridgehead atoms. The summed E-state index contributed by atoms with van der Waals surface area (Å²) in [5.74, 6) is -1.58. The molecule has 2 atom stereocenters. The van der Waals surface area contributed by atoms with Crippen molar-refractivity contribution in [2.75, 3.05) is 17.7 Å². The van der Waals surface area contributed by atoms with Gasteiger partial charge in [0, 0.05) is 43.4 Å². The SMILES string of the molecule is CCCC(=O)c1ccc(F)c(C2CC2NC(=O)Nc2ccc(C#N)cn2)c1OC(=O)c1ccc(NC)nc1. The molecule has 3 aromatic rings. The van der Waals surface area contributed by atoms with Gasteiger partial charge in [-0.2, -0.15) is 5.26 Å². The number of nitriles is 1. The van der Waals surface area contributed by atoms with E-state index in [1.165, 1.54) is 42.7 Å². The number of Topliss-reactive ketones (excluding diaryl/α,β-unsaturated/α-hetero) is 1. The minimum Gasteiger partial charge on any atom is -0.422 e. The Kier molecular flexibility index (Phi) is 7.91. The maximum atomic E-state index is 15.2. The molecule has 38 heavy (non-hydrogen) atoms. The summed E-state index contributed by atoms with van der Waals surface area (Å²) in [5.41, 5.74) is 0.644. The maximum Gasteiger partial charge on any atom is 0.345 e. The molecule has 194 valence electrons. The molecule has 0 saturated heterocycles. The van der Waals surface area contributed by atoms with E-state index in [1.807, 2.05) is 13.0 Å². The second-order valence-electron chi connectivity index (χ2n) is 8.67. The first-order chi connectivity index (χ1) is 18.3. The van der Waals surface area contributed by atoms with Crippen LogP contribution in [0.1, 0.15) is 63.9 Å². The lowest BCUT2D eigenvalue weighted by Crippen LogP contribution is -2.31. The minimum atomic E-state index is -0.785. The van der Waals surface area contributed by atoms with E-state index in [1.54, 1.807) is 13.1 Å². The average molecular weight is 517 g/mol. The highest BCUT2D eigenvalue weighted by Crippen LogP contribution is 2.47. The number of urea groups is 1. The number of rotatable bonds is 9. The average Bonchev–Trinajstić information content (AvgIpc) is 3.67. The normalized spacial score (nSPS) is 15.6. The second kappa shape index (κ2) is 11.5. The molecule has 1 aliphatic rings. The third-order valence-electron chi connectivity index (χ3n) is 5.98. The molecular weight excluding hydrogens is 491 g/mol. The highest BCUT2D eigenvalue weighted by atomic mass is 19.1. The van der Waals surface area contributed by atoms with Crippen molar-refractivity contribution in [3.05, 3.63) is 76.9 Å². The van der Waals surface area contributed by atoms with E-state index < -0.39 is 29.8 Å². The molecule has 0 radical (unpaired) electrons. The Hall–Kier alpha value is -4.85. The quantitative estimate of drug-likeness (QED) is 0.215. The molecule has 3 N–H and O–H groups in total. The van der Waals surface area contributed by atoms with Crippen molar-refractivity contribution in [2.45, 2.75) is 38.1 Å². The van der Waals surface area contributed by atoms with Crippen molar-refractivity contribution in [1.29, 1.82) is 5.26 Å². The molecule has 2 amide bonds. The lowest BCUT2D eigenvalue weighted by molar-refractivity contribution is 0.0729. The lowest BCUT2D eigenvalue weighted by atomic mass is 9.99. The third-order valence-corrected chi connectivity index (χ3v) is 5.98. The Morgan fingerprint density at radius 2 is 1.87 bits per heavy atom. The van der Waals surface area contributed by atoms with Gasteiger partial charge >= 0.3 is 12.0 Å². The Balaban J connectivity index is 1.56. The van der Waals surface area contributed by atoms with Crippen LogP contribution in [0.15, 0.2) is 48.8 Å². The number of nitrogens with one attached hydrogen (secondary N) is 3. The van der Waals surface area contributed by atoms with Crippen LogP contribution in [0.4, 0.5) is 20.8 Å². The van der Waals surface area contributed by atoms with Crippen molar-refractivity contribution in [2.24, 2.45) is 0 Å². The molecule has 0 aliphatic heterocycles. The first-order valence-corrected chi connectivity index (χ1v) is 12.0. The fraction of sp³-hybridized carbons (Fsp3) is 0.259. The van der Waals surface area contributed by atoms with Gasteiger partial charge in [0.05, 0.1) is 16.7 Å². The first-order valence-electron chi connectivity index (χ1n) is 12.0. The monoisotopic (exact) mass is 516 g/mol. The number of hydrogen-bond donors (Lipinski definition) is 3. The highest BCUT2D eigenvalue weighted by Gasteiger charge is 2.44. The molecule has 1 fully saturated rings. The molecule has 2 heterocycles. The summed E-state index contributed by atoms with van der Waals surface area (Å²) in [4.78, 5) is 46.3. The number of nitrogens with zero attached hydrogens (tertiary/aromatic N) is 3. The number of aromatic nitrogens is 2. The van der Waals surface area contributed by atoms with E-state index >= 15 is 4.39 Å². The van der Waals surface area contributed by atoms with Crippen LogP contribution in [0.5, 0.6) is 5.75 Å². The van der Waals surface area contributed by atoms with Crippen LogP contribution in [0.2, 0.25) is 0 Å². The van der Waals surface area contributed by atoms with E-state index in [-0.39, 0.29) is 40.5 Å². The Bertz CT molecular complexity index is 1400. The van der Waals surface area contributed by atoms with Crippen LogP contribution in [-0.4, -0.2) is 40.8 Å². The number of anilines is 2. The zero-order valence-electron chi connectivity index (χ0n) is 20.7. The molecule has 2 aromatic heterocycles. The smallest absolute Gasteiger partial charge is 0.345 e. The van der Waals surface area contributed by atoms with Gasteiger partial charge < -0.3 is 15.4 Å². The lowest BCUT2D eigenvalue weighted by Gasteiger charge is -2.16. The summed E-state index contributed by atoms with van der Waals surface area (Å²) in [6, 6.07) is 9.50. The molecule has 0 spiro atoms. The molecule has 1 saturated carbocycles. The maximum absolute atomic E-state index is 15.2. The number of benzene rings is 1. The van der Waals surface area contributed by atoms with Crippen LogP contribution in [0.3, 0.4) is 0 Å². The van der Waals surface area contributed by atoms with Gasteiger partial charge in [0.25, 0.3) is 0 Å². The summed E-state index contributed by atoms with van der Waals surface area (Å²) in [7, 11) is 1.69. The van der Waals surface area contributed by atoms with Crippen molar-refractivity contribution in [1.82, 2.24) is 15.3 Å². The highest BCUT2D eigenvalue weighted by molar-refractivity contribution is 6.01. The minimum absolute atomic E-state index is 0.0573. The predicted molar refractivity (Wildman–Crippen MR) is 137 cm³/mol. The zero-order valence-corrected chi connectivity index (χ0v) is 20.7. The van der Waals surface area contributed by atoms with E-state index in [4.69, 9.17) is 10.00 Å². The van der Waals surface area contributed by atoms with Gasteiger partial charge in [0.1, 0.15) is 29.3 Å². The summed E-state index contributed by atoms with van der Waals surface area (Å²) in [6.07, 6.45) is 3.78. The molecule has 1 aliphatic carbocycles. The van der Waals surface area contributed by atoms with Crippen LogP contribution in [0.25, 0.3) is 0 Å². The number of pyridine rings is 2. The van der Waals surface area contributed by atoms with E-state index in [0.717, 1.165) is 0 Å². The number of hydrogen-bond acceptors (Lipinski definition) is 8. The number of ether oxygens (including phenoxy) is 1. The Morgan fingerprint density at radius 3 is 2.50 bits per heavy atom. The number of amides is 2. The zero-order chi connectivity index (χ0) is 27.2. The van der Waals surface area contributed by atoms with Crippen LogP contribution < -0.4 is 20.7 Å². The van der Waals surface area contributed by atoms with Gasteiger partial charge in [-0.15, -0.1) is 0 Å². The fourth-order valence-electron chi connectivity index (χ4n) is 3.95. The molecule has 10 nitrogen and oxygen atoms in total. The summed E-state index contributed by atoms with van der Waals surface area (Å²) in [6.45, 7) is 1.84. The van der Waals surface area contributed by atoms with Crippen molar-refractivity contribution in [3.63, 3.8) is 0 Å². The molecular formula is C27H25FN6O4. The number of ketones is 1. The summed E-state index contributed by atoms with van der Waals surface area (Å²) in [5, 5.41) is 17.0. The fourth-order valence-corrected chi connectivity index (χ4v) is 3.95. The van der Waals surface area contributed by atoms with Crippen molar-refractivity contribution < 1.29 is 23.5 Å². The topological polar surface area (TPSA) is 146 Å². The van der Waals surface area contributed by atoms with E-state index in [9.17, 15) is 14.4 Å². The third kappa shape index (κ3) is 5.92. The molecule has 4 rings (SSSR count). The van der Waals surface area contributed by atoms with Gasteiger partial charge in [-0.05, 0) is 49.2 Å². The van der Waals surface area contributed by atoms with Crippen LogP contribution in [-0.2, 0) is 0 Å². The molecule has 1 aromatic carbocycles. The predicted octanol–water partition coefficient (Wildman–Crippen LogP) is 4.41. The first kappa shape index (κ1) is 26.2. The van der Waals surface area contributed by atoms with Crippen LogP contribution in [0, 0.1) is 17.1 Å². The number of esters is 1. The van der Waals surface area contributed by atoms with E-state index in [2.05, 4.69) is 25.9 Å². The number of carbonyl (C=O) groups excluding carboxylic acids is 3. The number of halogens is 1. The van der Waals surface area contributed by atoms with Gasteiger partial charge in [0.15, 0.2) is 5.78 Å². The number of carbonyl (C=O) groups is 3. The van der Waals surface area contributed by atoms with Crippen molar-refractivity contribution in [3.8, 4) is 11.8 Å². The van der Waals surface area contributed by atoms with Gasteiger partial charge in [-0.3, -0.25) is 10.1 Å². The largest absolute Gasteiger partial charge is 0.422 e. The summed E-state index contributed by atoms with van der Waals surface area (Å²) >= 11 is 0. The molecule has 2 unspecified atom stereocenters. The van der Waals surface area contributed by atoms with Gasteiger partial charge in [-0.1, -0.05) is 6.92 Å². The summed E-state index contributed by atoms with van der Waals surface area (Å²) < 4.78 is 20.8. The van der Waals surface area contributed by atoms with Gasteiger partial charge in [0.2, 0.25) is 0 Å².